The standard InChI is InChI=1S/C16H16N2O5.C12H8FNO2/c1-17-13(16(19)20)10-23-14-9-5-8-12(15(14)18(21)22)11-6-3-2-4-7-11;13-11-8-4-7-10(12(11)14(15)16)9-5-2-1-3-6-9/h2-9,13,17H,10H2,1H3,(H,19,20);1-8H/t13-;/m0./s1. The molecule has 0 aromatic heterocycles. The monoisotopic (exact) mass is 533 g/mol. The van der Waals surface area contributed by atoms with Crippen molar-refractivity contribution in [1.82, 2.24) is 5.32 Å². The predicted molar refractivity (Wildman–Crippen MR) is 143 cm³/mol. The van der Waals surface area contributed by atoms with E-state index in [0.29, 0.717) is 22.3 Å². The lowest BCUT2D eigenvalue weighted by Gasteiger charge is -2.14. The van der Waals surface area contributed by atoms with Crippen LogP contribution >= 0.6 is 0 Å². The number of ether oxygens (including phenoxy) is 1. The number of carbonyl (C=O) groups is 1. The van der Waals surface area contributed by atoms with Crippen LogP contribution in [0.4, 0.5) is 15.8 Å². The SMILES string of the molecule is CN[C@@H](COc1cccc(-c2ccccc2)c1[N+](=O)[O-])C(=O)O.O=[N+]([O-])c1c(F)cccc1-c1ccccc1. The molecular weight excluding hydrogens is 509 g/mol. The first-order valence-electron chi connectivity index (χ1n) is 11.6. The zero-order chi connectivity index (χ0) is 28.4. The molecule has 0 radical (unpaired) electrons. The molecule has 4 aromatic carbocycles. The van der Waals surface area contributed by atoms with Crippen molar-refractivity contribution < 1.29 is 28.9 Å². The minimum Gasteiger partial charge on any atom is -0.484 e. The van der Waals surface area contributed by atoms with E-state index in [9.17, 15) is 29.4 Å². The number of carboxylic acid groups (broad SMARTS) is 1. The molecule has 0 amide bonds. The van der Waals surface area contributed by atoms with Crippen LogP contribution in [0.25, 0.3) is 22.3 Å². The highest BCUT2D eigenvalue weighted by Gasteiger charge is 2.24. The second kappa shape index (κ2) is 13.4. The summed E-state index contributed by atoms with van der Waals surface area (Å²) >= 11 is 0. The molecule has 39 heavy (non-hydrogen) atoms. The van der Waals surface area contributed by atoms with E-state index in [1.54, 1.807) is 66.7 Å². The highest BCUT2D eigenvalue weighted by Crippen LogP contribution is 2.37. The molecule has 0 fully saturated rings. The lowest BCUT2D eigenvalue weighted by molar-refractivity contribution is -0.386. The Bertz CT molecular complexity index is 1450. The van der Waals surface area contributed by atoms with Crippen molar-refractivity contribution >= 4 is 17.3 Å². The average Bonchev–Trinajstić information content (AvgIpc) is 2.94. The Morgan fingerprint density at radius 3 is 1.77 bits per heavy atom. The first kappa shape index (κ1) is 28.4. The number of benzene rings is 4. The maximum Gasteiger partial charge on any atom is 0.324 e. The summed E-state index contributed by atoms with van der Waals surface area (Å²) in [5.41, 5.74) is 1.38. The zero-order valence-corrected chi connectivity index (χ0v) is 20.7. The molecule has 0 aliphatic heterocycles. The smallest absolute Gasteiger partial charge is 0.324 e. The molecule has 0 aliphatic rings. The fraction of sp³-hybridized carbons (Fsp3) is 0.107. The first-order valence-corrected chi connectivity index (χ1v) is 11.6. The molecule has 0 bridgehead atoms. The number of halogens is 1. The van der Waals surface area contributed by atoms with E-state index in [-0.39, 0.29) is 18.0 Å². The molecule has 4 rings (SSSR count). The summed E-state index contributed by atoms with van der Waals surface area (Å²) in [6, 6.07) is 25.5. The second-order valence-electron chi connectivity index (χ2n) is 8.03. The van der Waals surface area contributed by atoms with Crippen LogP contribution in [0.15, 0.2) is 97.1 Å². The van der Waals surface area contributed by atoms with E-state index in [1.165, 1.54) is 25.2 Å². The quantitative estimate of drug-likeness (QED) is 0.205. The molecule has 10 nitrogen and oxygen atoms in total. The van der Waals surface area contributed by atoms with Gasteiger partial charge in [-0.15, -0.1) is 0 Å². The minimum atomic E-state index is -1.09. The third-order valence-electron chi connectivity index (χ3n) is 5.57. The largest absolute Gasteiger partial charge is 0.484 e. The van der Waals surface area contributed by atoms with E-state index >= 15 is 0 Å². The van der Waals surface area contributed by atoms with Gasteiger partial charge in [-0.1, -0.05) is 72.8 Å². The number of likely N-dealkylation sites (N-methyl/N-ethyl adjacent to an activating group) is 1. The number of para-hydroxylation sites is 2. The Morgan fingerprint density at radius 1 is 0.821 bits per heavy atom. The van der Waals surface area contributed by atoms with Crippen LogP contribution in [0.5, 0.6) is 5.75 Å². The van der Waals surface area contributed by atoms with Gasteiger partial charge in [0.2, 0.25) is 5.82 Å². The van der Waals surface area contributed by atoms with Gasteiger partial charge in [-0.05, 0) is 42.4 Å². The van der Waals surface area contributed by atoms with Gasteiger partial charge in [-0.3, -0.25) is 25.0 Å². The minimum absolute atomic E-state index is 0.0397. The van der Waals surface area contributed by atoms with Crippen LogP contribution in [0.2, 0.25) is 0 Å². The third kappa shape index (κ3) is 7.21. The topological polar surface area (TPSA) is 145 Å². The third-order valence-corrected chi connectivity index (χ3v) is 5.57. The van der Waals surface area contributed by atoms with Crippen molar-refractivity contribution in [3.8, 4) is 28.0 Å². The number of aliphatic carboxylic acids is 1. The summed E-state index contributed by atoms with van der Waals surface area (Å²) < 4.78 is 18.7. The lowest BCUT2D eigenvalue weighted by Crippen LogP contribution is -2.39. The normalized spacial score (nSPS) is 11.0. The lowest BCUT2D eigenvalue weighted by atomic mass is 10.0. The van der Waals surface area contributed by atoms with Crippen molar-refractivity contribution in [1.29, 1.82) is 0 Å². The Morgan fingerprint density at radius 2 is 1.31 bits per heavy atom. The summed E-state index contributed by atoms with van der Waals surface area (Å²) in [4.78, 5) is 32.0. The number of nitro benzene ring substituents is 2. The Kier molecular flexibility index (Phi) is 9.76. The van der Waals surface area contributed by atoms with Crippen LogP contribution in [0.3, 0.4) is 0 Å². The number of nitrogens with zero attached hydrogens (tertiary/aromatic N) is 2. The summed E-state index contributed by atoms with van der Waals surface area (Å²) in [6.45, 7) is -0.217. The van der Waals surface area contributed by atoms with Gasteiger partial charge < -0.3 is 15.2 Å². The van der Waals surface area contributed by atoms with Gasteiger partial charge in [-0.2, -0.15) is 4.39 Å². The van der Waals surface area contributed by atoms with Crippen molar-refractivity contribution in [2.24, 2.45) is 0 Å². The van der Waals surface area contributed by atoms with E-state index in [0.717, 1.165) is 6.07 Å². The first-order chi connectivity index (χ1) is 18.7. The molecule has 0 aliphatic carbocycles. The number of rotatable bonds is 9. The van der Waals surface area contributed by atoms with Crippen molar-refractivity contribution in [3.05, 3.63) is 123 Å². The van der Waals surface area contributed by atoms with Crippen molar-refractivity contribution in [3.63, 3.8) is 0 Å². The predicted octanol–water partition coefficient (Wildman–Crippen LogP) is 5.71. The molecule has 0 spiro atoms. The molecule has 1 atom stereocenters. The van der Waals surface area contributed by atoms with Gasteiger partial charge in [0.15, 0.2) is 5.75 Å². The highest BCUT2D eigenvalue weighted by molar-refractivity contribution is 5.78. The molecule has 200 valence electrons. The maximum atomic E-state index is 13.3. The van der Waals surface area contributed by atoms with Crippen LogP contribution in [-0.2, 0) is 4.79 Å². The van der Waals surface area contributed by atoms with Gasteiger partial charge in [0.05, 0.1) is 21.0 Å². The van der Waals surface area contributed by atoms with Crippen LogP contribution in [-0.4, -0.2) is 40.6 Å². The number of nitrogens with one attached hydrogen (secondary N) is 1. The van der Waals surface area contributed by atoms with E-state index in [4.69, 9.17) is 9.84 Å². The molecule has 4 aromatic rings. The fourth-order valence-corrected chi connectivity index (χ4v) is 3.68. The fourth-order valence-electron chi connectivity index (χ4n) is 3.68. The second-order valence-corrected chi connectivity index (χ2v) is 8.03. The zero-order valence-electron chi connectivity index (χ0n) is 20.7. The number of hydrogen-bond acceptors (Lipinski definition) is 7. The van der Waals surface area contributed by atoms with Gasteiger partial charge in [0.1, 0.15) is 12.6 Å². The molecular formula is C28H24FN3O7. The van der Waals surface area contributed by atoms with Crippen molar-refractivity contribution in [2.45, 2.75) is 6.04 Å². The Labute approximate surface area is 222 Å². The molecule has 0 saturated carbocycles. The van der Waals surface area contributed by atoms with Gasteiger partial charge in [-0.25, -0.2) is 0 Å². The summed E-state index contributed by atoms with van der Waals surface area (Å²) in [6.07, 6.45) is 0. The van der Waals surface area contributed by atoms with Crippen molar-refractivity contribution in [2.75, 3.05) is 13.7 Å². The summed E-state index contributed by atoms with van der Waals surface area (Å²) in [5.74, 6) is -1.86. The van der Waals surface area contributed by atoms with E-state index in [1.807, 2.05) is 6.07 Å². The van der Waals surface area contributed by atoms with Crippen LogP contribution < -0.4 is 10.1 Å². The highest BCUT2D eigenvalue weighted by atomic mass is 19.1. The Balaban J connectivity index is 0.000000230. The summed E-state index contributed by atoms with van der Waals surface area (Å²) in [7, 11) is 1.48. The molecule has 0 unspecified atom stereocenters. The molecule has 2 N–H and O–H groups in total. The van der Waals surface area contributed by atoms with E-state index in [2.05, 4.69) is 5.32 Å². The number of hydrogen-bond donors (Lipinski definition) is 2. The van der Waals surface area contributed by atoms with Crippen LogP contribution in [0, 0.1) is 26.0 Å². The average molecular weight is 534 g/mol. The maximum absolute atomic E-state index is 13.3. The Hall–Kier alpha value is -5.16. The van der Waals surface area contributed by atoms with Gasteiger partial charge >= 0.3 is 17.3 Å². The number of carboxylic acids is 1. The number of nitro groups is 2. The van der Waals surface area contributed by atoms with Crippen LogP contribution in [0.1, 0.15) is 0 Å². The summed E-state index contributed by atoms with van der Waals surface area (Å²) in [5, 5.41) is 33.8. The van der Waals surface area contributed by atoms with Gasteiger partial charge in [0.25, 0.3) is 0 Å². The molecule has 0 heterocycles. The van der Waals surface area contributed by atoms with E-state index < -0.39 is 33.4 Å². The molecule has 11 heteroatoms. The van der Waals surface area contributed by atoms with Gasteiger partial charge in [0, 0.05) is 0 Å². The molecule has 0 saturated heterocycles.